The Morgan fingerprint density at radius 3 is 1.81 bits per heavy atom. The lowest BCUT2D eigenvalue weighted by Crippen LogP contribution is -2.26. The zero-order chi connectivity index (χ0) is 18.2. The standard InChI is InChI=1S/C25H14Br2/c26-15-12-13-22-19(14-15)18-8-5-11-23(27)24(18)25(22)20-9-3-1-6-16(20)17-7-2-4-10-21(17)25/h1-14H. The van der Waals surface area contributed by atoms with Gasteiger partial charge in [0.25, 0.3) is 0 Å². The molecular weight excluding hydrogens is 460 g/mol. The van der Waals surface area contributed by atoms with Crippen molar-refractivity contribution in [1.29, 1.82) is 0 Å². The van der Waals surface area contributed by atoms with Gasteiger partial charge in [0.05, 0.1) is 5.41 Å². The Balaban J connectivity index is 1.89. The number of benzene rings is 4. The summed E-state index contributed by atoms with van der Waals surface area (Å²) in [5.74, 6) is 0. The molecule has 0 bridgehead atoms. The molecule has 4 aromatic rings. The molecule has 0 saturated carbocycles. The number of hydrogen-bond donors (Lipinski definition) is 0. The minimum absolute atomic E-state index is 0.265. The molecule has 0 radical (unpaired) electrons. The largest absolute Gasteiger partial charge is 0.0736 e. The Bertz CT molecular complexity index is 1210. The van der Waals surface area contributed by atoms with E-state index >= 15 is 0 Å². The van der Waals surface area contributed by atoms with Gasteiger partial charge in [-0.1, -0.05) is 98.6 Å². The minimum atomic E-state index is -0.265. The van der Waals surface area contributed by atoms with E-state index in [4.69, 9.17) is 0 Å². The van der Waals surface area contributed by atoms with Crippen LogP contribution >= 0.6 is 31.9 Å². The van der Waals surface area contributed by atoms with Crippen LogP contribution in [0.1, 0.15) is 22.3 Å². The summed E-state index contributed by atoms with van der Waals surface area (Å²) in [4.78, 5) is 0. The summed E-state index contributed by atoms with van der Waals surface area (Å²) in [6, 6.07) is 31.0. The molecule has 0 unspecified atom stereocenters. The van der Waals surface area contributed by atoms with Crippen molar-refractivity contribution in [2.45, 2.75) is 5.41 Å². The number of halogens is 2. The molecule has 0 nitrogen and oxygen atoms in total. The second-order valence-electron chi connectivity index (χ2n) is 7.19. The quantitative estimate of drug-likeness (QED) is 0.213. The summed E-state index contributed by atoms with van der Waals surface area (Å²) in [5.41, 5.74) is 10.5. The maximum absolute atomic E-state index is 3.90. The van der Waals surface area contributed by atoms with Crippen molar-refractivity contribution in [3.63, 3.8) is 0 Å². The van der Waals surface area contributed by atoms with Gasteiger partial charge in [0.2, 0.25) is 0 Å². The summed E-state index contributed by atoms with van der Waals surface area (Å²) in [7, 11) is 0. The van der Waals surface area contributed by atoms with Crippen LogP contribution in [-0.4, -0.2) is 0 Å². The third-order valence-electron chi connectivity index (χ3n) is 6.02. The Morgan fingerprint density at radius 2 is 1.11 bits per heavy atom. The highest BCUT2D eigenvalue weighted by atomic mass is 79.9. The molecule has 2 heteroatoms. The van der Waals surface area contributed by atoms with E-state index in [-0.39, 0.29) is 5.41 Å². The SMILES string of the molecule is Brc1ccc2c(c1)-c1cccc(Br)c1C21c2ccccc2-c2ccccc21. The van der Waals surface area contributed by atoms with Crippen molar-refractivity contribution in [2.75, 3.05) is 0 Å². The Hall–Kier alpha value is -2.16. The average molecular weight is 474 g/mol. The van der Waals surface area contributed by atoms with Crippen LogP contribution in [0.4, 0.5) is 0 Å². The zero-order valence-corrected chi connectivity index (χ0v) is 17.5. The highest BCUT2D eigenvalue weighted by Gasteiger charge is 2.52. The first kappa shape index (κ1) is 15.9. The monoisotopic (exact) mass is 472 g/mol. The molecule has 0 N–H and O–H groups in total. The van der Waals surface area contributed by atoms with Crippen molar-refractivity contribution < 1.29 is 0 Å². The molecule has 2 aliphatic carbocycles. The summed E-state index contributed by atoms with van der Waals surface area (Å²) in [6.07, 6.45) is 0. The van der Waals surface area contributed by atoms with Gasteiger partial charge in [0.1, 0.15) is 0 Å². The number of fused-ring (bicyclic) bond motifs is 10. The molecule has 0 amide bonds. The van der Waals surface area contributed by atoms with Crippen molar-refractivity contribution in [1.82, 2.24) is 0 Å². The Morgan fingerprint density at radius 1 is 0.519 bits per heavy atom. The maximum Gasteiger partial charge on any atom is 0.0736 e. The lowest BCUT2D eigenvalue weighted by Gasteiger charge is -2.31. The molecule has 2 aliphatic rings. The van der Waals surface area contributed by atoms with E-state index in [9.17, 15) is 0 Å². The maximum atomic E-state index is 3.90. The summed E-state index contributed by atoms with van der Waals surface area (Å²) < 4.78 is 2.28. The fourth-order valence-electron chi connectivity index (χ4n) is 5.13. The third kappa shape index (κ3) is 1.83. The first-order chi connectivity index (χ1) is 13.2. The molecule has 0 saturated heterocycles. The van der Waals surface area contributed by atoms with Crippen LogP contribution < -0.4 is 0 Å². The lowest BCUT2D eigenvalue weighted by molar-refractivity contribution is 0.789. The van der Waals surface area contributed by atoms with E-state index in [2.05, 4.69) is 117 Å². The van der Waals surface area contributed by atoms with Gasteiger partial charge in [-0.15, -0.1) is 0 Å². The first-order valence-electron chi connectivity index (χ1n) is 9.01. The highest BCUT2D eigenvalue weighted by Crippen LogP contribution is 2.64. The second-order valence-corrected chi connectivity index (χ2v) is 8.96. The van der Waals surface area contributed by atoms with E-state index in [0.717, 1.165) is 4.47 Å². The van der Waals surface area contributed by atoms with Gasteiger partial charge < -0.3 is 0 Å². The van der Waals surface area contributed by atoms with Crippen LogP contribution in [0.25, 0.3) is 22.3 Å². The molecule has 6 rings (SSSR count). The second kappa shape index (κ2) is 5.43. The van der Waals surface area contributed by atoms with E-state index < -0.39 is 0 Å². The van der Waals surface area contributed by atoms with Crippen molar-refractivity contribution in [2.24, 2.45) is 0 Å². The predicted molar refractivity (Wildman–Crippen MR) is 118 cm³/mol. The molecule has 27 heavy (non-hydrogen) atoms. The minimum Gasteiger partial charge on any atom is -0.0619 e. The fraction of sp³-hybridized carbons (Fsp3) is 0.0400. The Labute approximate surface area is 175 Å². The lowest BCUT2D eigenvalue weighted by atomic mass is 9.70. The van der Waals surface area contributed by atoms with Gasteiger partial charge in [-0.3, -0.25) is 0 Å². The third-order valence-corrected chi connectivity index (χ3v) is 7.17. The normalized spacial score (nSPS) is 14.6. The smallest absolute Gasteiger partial charge is 0.0619 e. The summed E-state index contributed by atoms with van der Waals surface area (Å²) >= 11 is 7.59. The van der Waals surface area contributed by atoms with Crippen LogP contribution in [0.2, 0.25) is 0 Å². The number of hydrogen-bond acceptors (Lipinski definition) is 0. The van der Waals surface area contributed by atoms with E-state index in [0.29, 0.717) is 0 Å². The fourth-order valence-corrected chi connectivity index (χ4v) is 6.15. The van der Waals surface area contributed by atoms with Crippen molar-refractivity contribution >= 4 is 31.9 Å². The topological polar surface area (TPSA) is 0 Å². The molecule has 0 heterocycles. The van der Waals surface area contributed by atoms with Gasteiger partial charge in [0.15, 0.2) is 0 Å². The van der Waals surface area contributed by atoms with Crippen LogP contribution in [0.5, 0.6) is 0 Å². The molecule has 1 spiro atoms. The molecule has 4 aromatic carbocycles. The van der Waals surface area contributed by atoms with Crippen molar-refractivity contribution in [3.05, 3.63) is 116 Å². The van der Waals surface area contributed by atoms with E-state index in [1.54, 1.807) is 0 Å². The molecule has 0 aliphatic heterocycles. The molecular formula is C25H14Br2. The molecule has 0 atom stereocenters. The average Bonchev–Trinajstić information content (AvgIpc) is 3.16. The Kier molecular flexibility index (Phi) is 3.19. The zero-order valence-electron chi connectivity index (χ0n) is 14.3. The molecule has 0 fully saturated rings. The highest BCUT2D eigenvalue weighted by molar-refractivity contribution is 9.10. The molecule has 0 aromatic heterocycles. The van der Waals surface area contributed by atoms with Gasteiger partial charge in [-0.25, -0.2) is 0 Å². The van der Waals surface area contributed by atoms with Gasteiger partial charge >= 0.3 is 0 Å². The van der Waals surface area contributed by atoms with E-state index in [1.165, 1.54) is 49.0 Å². The van der Waals surface area contributed by atoms with E-state index in [1.807, 2.05) is 0 Å². The van der Waals surface area contributed by atoms with Gasteiger partial charge in [0, 0.05) is 8.95 Å². The first-order valence-corrected chi connectivity index (χ1v) is 10.6. The predicted octanol–water partition coefficient (Wildman–Crippen LogP) is 7.56. The van der Waals surface area contributed by atoms with Crippen molar-refractivity contribution in [3.8, 4) is 22.3 Å². The van der Waals surface area contributed by atoms with Gasteiger partial charge in [-0.05, 0) is 62.7 Å². The van der Waals surface area contributed by atoms with Crippen LogP contribution in [0.15, 0.2) is 93.9 Å². The van der Waals surface area contributed by atoms with Gasteiger partial charge in [-0.2, -0.15) is 0 Å². The van der Waals surface area contributed by atoms with Crippen LogP contribution in [0.3, 0.4) is 0 Å². The summed E-state index contributed by atoms with van der Waals surface area (Å²) in [5, 5.41) is 0. The summed E-state index contributed by atoms with van der Waals surface area (Å²) in [6.45, 7) is 0. The van der Waals surface area contributed by atoms with Crippen LogP contribution in [0, 0.1) is 0 Å². The molecule has 128 valence electrons. The number of rotatable bonds is 0. The van der Waals surface area contributed by atoms with Crippen LogP contribution in [-0.2, 0) is 5.41 Å².